The molecule has 2 saturated heterocycles. The zero-order valence-corrected chi connectivity index (χ0v) is 20.7. The van der Waals surface area contributed by atoms with E-state index in [-0.39, 0.29) is 24.0 Å². The molecule has 0 bridgehead atoms. The van der Waals surface area contributed by atoms with Crippen LogP contribution in [0, 0.1) is 5.92 Å². The van der Waals surface area contributed by atoms with E-state index in [9.17, 15) is 0 Å². The van der Waals surface area contributed by atoms with Gasteiger partial charge in [0.25, 0.3) is 0 Å². The lowest BCUT2D eigenvalue weighted by Gasteiger charge is -2.21. The number of guanidine groups is 1. The molecule has 0 saturated carbocycles. The van der Waals surface area contributed by atoms with E-state index in [1.165, 1.54) is 18.0 Å². The fourth-order valence-electron chi connectivity index (χ4n) is 3.54. The molecule has 7 nitrogen and oxygen atoms in total. The van der Waals surface area contributed by atoms with E-state index in [2.05, 4.69) is 25.9 Å². The van der Waals surface area contributed by atoms with Crippen LogP contribution in [0.5, 0.6) is 0 Å². The van der Waals surface area contributed by atoms with Crippen LogP contribution in [0.1, 0.15) is 37.8 Å². The molecule has 3 heterocycles. The number of hydrogen-bond donors (Lipinski definition) is 2. The summed E-state index contributed by atoms with van der Waals surface area (Å²) in [5.74, 6) is 1.52. The normalized spacial score (nSPS) is 18.0. The molecule has 0 aromatic carbocycles. The topological polar surface area (TPSA) is 71.0 Å². The summed E-state index contributed by atoms with van der Waals surface area (Å²) < 4.78 is 11.2. The van der Waals surface area contributed by atoms with Crippen LogP contribution in [0.3, 0.4) is 0 Å². The first kappa shape index (κ1) is 24.6. The minimum atomic E-state index is 0. The summed E-state index contributed by atoms with van der Waals surface area (Å²) in [7, 11) is 1.81. The third kappa shape index (κ3) is 8.94. The Morgan fingerprint density at radius 3 is 2.79 bits per heavy atom. The van der Waals surface area contributed by atoms with Gasteiger partial charge in [-0.1, -0.05) is 0 Å². The maximum absolute atomic E-state index is 5.81. The van der Waals surface area contributed by atoms with Gasteiger partial charge in [0.1, 0.15) is 0 Å². The summed E-state index contributed by atoms with van der Waals surface area (Å²) in [5, 5.41) is 10.1. The number of aromatic nitrogens is 1. The zero-order valence-electron chi connectivity index (χ0n) is 17.5. The van der Waals surface area contributed by atoms with Crippen molar-refractivity contribution in [3.05, 3.63) is 11.1 Å². The standard InChI is InChI=1S/C20H35N5O2S.HI/c1-21-19(22-8-4-12-27-15-17-6-13-26-14-7-17)23-9-5-18-16-28-20(24-18)25-10-2-3-11-25;/h16-17H,2-15H2,1H3,(H2,21,22,23);1H. The fourth-order valence-corrected chi connectivity index (χ4v) is 4.45. The number of hydrogen-bond acceptors (Lipinski definition) is 6. The van der Waals surface area contributed by atoms with Crippen LogP contribution in [0.2, 0.25) is 0 Å². The van der Waals surface area contributed by atoms with Crippen LogP contribution < -0.4 is 15.5 Å². The van der Waals surface area contributed by atoms with E-state index in [0.29, 0.717) is 5.92 Å². The lowest BCUT2D eigenvalue weighted by atomic mass is 10.0. The van der Waals surface area contributed by atoms with Crippen LogP contribution >= 0.6 is 35.3 Å². The summed E-state index contributed by atoms with van der Waals surface area (Å²) in [6.45, 7) is 7.44. The van der Waals surface area contributed by atoms with Crippen LogP contribution in [0.4, 0.5) is 5.13 Å². The monoisotopic (exact) mass is 537 g/mol. The lowest BCUT2D eigenvalue weighted by molar-refractivity contribution is 0.0203. The van der Waals surface area contributed by atoms with E-state index in [1.807, 2.05) is 7.05 Å². The maximum atomic E-state index is 5.81. The third-order valence-corrected chi connectivity index (χ3v) is 6.22. The van der Waals surface area contributed by atoms with Gasteiger partial charge in [0.15, 0.2) is 11.1 Å². The molecule has 1 aromatic heterocycles. The number of nitrogens with one attached hydrogen (secondary N) is 2. The van der Waals surface area contributed by atoms with Gasteiger partial charge < -0.3 is 25.0 Å². The van der Waals surface area contributed by atoms with E-state index in [4.69, 9.17) is 14.5 Å². The van der Waals surface area contributed by atoms with Crippen molar-refractivity contribution in [2.45, 2.75) is 38.5 Å². The average Bonchev–Trinajstić information content (AvgIpc) is 3.41. The summed E-state index contributed by atoms with van der Waals surface area (Å²) in [6, 6.07) is 0. The number of ether oxygens (including phenoxy) is 2. The van der Waals surface area contributed by atoms with Gasteiger partial charge in [-0.3, -0.25) is 4.99 Å². The van der Waals surface area contributed by atoms with Gasteiger partial charge in [-0.05, 0) is 38.0 Å². The Hall–Kier alpha value is -0.650. The first-order chi connectivity index (χ1) is 13.8. The van der Waals surface area contributed by atoms with Crippen molar-refractivity contribution in [1.82, 2.24) is 15.6 Å². The minimum absolute atomic E-state index is 0. The minimum Gasteiger partial charge on any atom is -0.381 e. The predicted molar refractivity (Wildman–Crippen MR) is 131 cm³/mol. The van der Waals surface area contributed by atoms with Crippen molar-refractivity contribution in [3.63, 3.8) is 0 Å². The molecule has 1 aromatic rings. The summed E-state index contributed by atoms with van der Waals surface area (Å²) in [6.07, 6.45) is 6.74. The highest BCUT2D eigenvalue weighted by Crippen LogP contribution is 2.24. The van der Waals surface area contributed by atoms with Crippen LogP contribution in [0.25, 0.3) is 0 Å². The molecule has 2 N–H and O–H groups in total. The molecule has 2 fully saturated rings. The summed E-state index contributed by atoms with van der Waals surface area (Å²) in [5.41, 5.74) is 1.16. The van der Waals surface area contributed by atoms with Gasteiger partial charge in [-0.25, -0.2) is 4.98 Å². The third-order valence-electron chi connectivity index (χ3n) is 5.27. The van der Waals surface area contributed by atoms with E-state index in [0.717, 1.165) is 89.9 Å². The van der Waals surface area contributed by atoms with Gasteiger partial charge in [0.2, 0.25) is 0 Å². The Labute approximate surface area is 196 Å². The van der Waals surface area contributed by atoms with Gasteiger partial charge in [-0.2, -0.15) is 0 Å². The van der Waals surface area contributed by atoms with Crippen molar-refractivity contribution in [2.75, 3.05) is 64.6 Å². The number of rotatable bonds is 10. The summed E-state index contributed by atoms with van der Waals surface area (Å²) >= 11 is 1.76. The van der Waals surface area contributed by atoms with E-state index >= 15 is 0 Å². The molecule has 0 radical (unpaired) electrons. The van der Waals surface area contributed by atoms with Crippen molar-refractivity contribution < 1.29 is 9.47 Å². The van der Waals surface area contributed by atoms with Crippen LogP contribution in [-0.2, 0) is 15.9 Å². The van der Waals surface area contributed by atoms with E-state index in [1.54, 1.807) is 11.3 Å². The lowest BCUT2D eigenvalue weighted by Crippen LogP contribution is -2.39. The molecular weight excluding hydrogens is 501 g/mol. The van der Waals surface area contributed by atoms with Crippen molar-refractivity contribution >= 4 is 46.4 Å². The van der Waals surface area contributed by atoms with Gasteiger partial charge >= 0.3 is 0 Å². The Bertz CT molecular complexity index is 589. The number of anilines is 1. The van der Waals surface area contributed by atoms with Crippen LogP contribution in [-0.4, -0.2) is 70.6 Å². The highest BCUT2D eigenvalue weighted by Gasteiger charge is 2.15. The van der Waals surface area contributed by atoms with Crippen molar-refractivity contribution in [1.29, 1.82) is 0 Å². The molecule has 9 heteroatoms. The molecule has 3 rings (SSSR count). The number of thiazole rings is 1. The second-order valence-corrected chi connectivity index (χ2v) is 8.31. The Morgan fingerprint density at radius 2 is 2.03 bits per heavy atom. The Balaban J connectivity index is 0.00000300. The van der Waals surface area contributed by atoms with Crippen molar-refractivity contribution in [3.8, 4) is 0 Å². The van der Waals surface area contributed by atoms with Gasteiger partial charge in [0.05, 0.1) is 5.69 Å². The fraction of sp³-hybridized carbons (Fsp3) is 0.800. The summed E-state index contributed by atoms with van der Waals surface area (Å²) in [4.78, 5) is 11.5. The molecule has 0 spiro atoms. The largest absolute Gasteiger partial charge is 0.381 e. The first-order valence-electron chi connectivity index (χ1n) is 10.6. The first-order valence-corrected chi connectivity index (χ1v) is 11.5. The number of nitrogens with zero attached hydrogens (tertiary/aromatic N) is 3. The molecule has 2 aliphatic rings. The molecule has 166 valence electrons. The highest BCUT2D eigenvalue weighted by atomic mass is 127. The molecule has 0 aliphatic carbocycles. The molecule has 2 aliphatic heterocycles. The molecule has 0 unspecified atom stereocenters. The second kappa shape index (κ2) is 14.4. The van der Waals surface area contributed by atoms with Crippen molar-refractivity contribution in [2.24, 2.45) is 10.9 Å². The SMILES string of the molecule is CN=C(NCCCOCC1CCOCC1)NCCc1csc(N2CCCC2)n1.I. The highest BCUT2D eigenvalue weighted by molar-refractivity contribution is 14.0. The molecular formula is C20H36IN5O2S. The zero-order chi connectivity index (χ0) is 19.4. The Morgan fingerprint density at radius 1 is 1.28 bits per heavy atom. The second-order valence-electron chi connectivity index (χ2n) is 7.48. The Kier molecular flexibility index (Phi) is 12.2. The van der Waals surface area contributed by atoms with Gasteiger partial charge in [-0.15, -0.1) is 35.3 Å². The number of halogens is 1. The average molecular weight is 538 g/mol. The van der Waals surface area contributed by atoms with E-state index < -0.39 is 0 Å². The molecule has 0 amide bonds. The predicted octanol–water partition coefficient (Wildman–Crippen LogP) is 2.90. The van der Waals surface area contributed by atoms with Gasteiger partial charge in [0, 0.05) is 71.5 Å². The smallest absolute Gasteiger partial charge is 0.190 e. The van der Waals surface area contributed by atoms with Crippen LogP contribution in [0.15, 0.2) is 10.4 Å². The molecule has 29 heavy (non-hydrogen) atoms. The number of aliphatic imine (C=N–C) groups is 1. The molecule has 0 atom stereocenters. The maximum Gasteiger partial charge on any atom is 0.190 e. The quantitative estimate of drug-likeness (QED) is 0.207.